The molecule has 1 amide bonds. The highest BCUT2D eigenvalue weighted by molar-refractivity contribution is 5.89. The molecule has 0 saturated carbocycles. The maximum Gasteiger partial charge on any atom is 0.335 e. The lowest BCUT2D eigenvalue weighted by Gasteiger charge is -2.20. The van der Waals surface area contributed by atoms with Gasteiger partial charge >= 0.3 is 5.97 Å². The van der Waals surface area contributed by atoms with E-state index in [0.29, 0.717) is 31.5 Å². The smallest absolute Gasteiger partial charge is 0.335 e. The zero-order chi connectivity index (χ0) is 19.4. The molecular formula is C20H20F2N2O3. The summed E-state index contributed by atoms with van der Waals surface area (Å²) in [4.78, 5) is 25.0. The number of amides is 1. The van der Waals surface area contributed by atoms with Crippen LogP contribution in [0.2, 0.25) is 0 Å². The molecule has 0 radical (unpaired) electrons. The van der Waals surface area contributed by atoms with Gasteiger partial charge < -0.3 is 15.3 Å². The average Bonchev–Trinajstić information content (AvgIpc) is 3.08. The van der Waals surface area contributed by atoms with E-state index in [0.717, 1.165) is 0 Å². The quantitative estimate of drug-likeness (QED) is 0.816. The largest absolute Gasteiger partial charge is 0.478 e. The Balaban J connectivity index is 1.55. The van der Waals surface area contributed by atoms with Crippen LogP contribution in [-0.4, -0.2) is 36.1 Å². The van der Waals surface area contributed by atoms with Crippen LogP contribution < -0.4 is 10.2 Å². The number of aromatic carboxylic acids is 1. The second kappa shape index (κ2) is 8.16. The monoisotopic (exact) mass is 374 g/mol. The van der Waals surface area contributed by atoms with E-state index < -0.39 is 17.6 Å². The molecule has 1 aliphatic heterocycles. The van der Waals surface area contributed by atoms with Gasteiger partial charge in [-0.2, -0.15) is 0 Å². The van der Waals surface area contributed by atoms with Crippen molar-refractivity contribution in [3.8, 4) is 0 Å². The van der Waals surface area contributed by atoms with Gasteiger partial charge in [0.15, 0.2) is 0 Å². The standard InChI is InChI=1S/C20H20F2N2O3/c21-16-6-3-7-17(22)19(16)24-11-10-14(12-24)23-18(25)9-8-13-4-1-2-5-15(13)20(26)27/h1-7,14H,8-12H2,(H,23,25)(H,26,27). The lowest BCUT2D eigenvalue weighted by atomic mass is 10.0. The molecule has 0 aliphatic carbocycles. The maximum atomic E-state index is 13.9. The van der Waals surface area contributed by atoms with Crippen LogP contribution in [0.5, 0.6) is 0 Å². The minimum atomic E-state index is -1.02. The second-order valence-corrected chi connectivity index (χ2v) is 6.53. The van der Waals surface area contributed by atoms with Gasteiger partial charge in [-0.15, -0.1) is 0 Å². The van der Waals surface area contributed by atoms with Crippen LogP contribution in [0.1, 0.15) is 28.8 Å². The molecule has 1 atom stereocenters. The van der Waals surface area contributed by atoms with Crippen molar-refractivity contribution in [3.05, 3.63) is 65.2 Å². The van der Waals surface area contributed by atoms with Crippen LogP contribution >= 0.6 is 0 Å². The summed E-state index contributed by atoms with van der Waals surface area (Å²) in [5.74, 6) is -2.47. The van der Waals surface area contributed by atoms with Crippen molar-refractivity contribution >= 4 is 17.6 Å². The van der Waals surface area contributed by atoms with Gasteiger partial charge in [0.05, 0.1) is 5.56 Å². The Hall–Kier alpha value is -2.96. The topological polar surface area (TPSA) is 69.6 Å². The van der Waals surface area contributed by atoms with Gasteiger partial charge in [0, 0.05) is 25.6 Å². The first kappa shape index (κ1) is 18.8. The minimum Gasteiger partial charge on any atom is -0.478 e. The normalized spacial score (nSPS) is 16.4. The highest BCUT2D eigenvalue weighted by Gasteiger charge is 2.27. The highest BCUT2D eigenvalue weighted by atomic mass is 19.1. The Morgan fingerprint density at radius 3 is 2.52 bits per heavy atom. The van der Waals surface area contributed by atoms with Crippen molar-refractivity contribution in [2.45, 2.75) is 25.3 Å². The molecule has 0 aromatic heterocycles. The molecule has 0 spiro atoms. The van der Waals surface area contributed by atoms with Crippen molar-refractivity contribution in [3.63, 3.8) is 0 Å². The van der Waals surface area contributed by atoms with Gasteiger partial charge in [-0.25, -0.2) is 13.6 Å². The number of carbonyl (C=O) groups is 2. The van der Waals surface area contributed by atoms with Gasteiger partial charge in [0.25, 0.3) is 0 Å². The van der Waals surface area contributed by atoms with Crippen LogP contribution in [-0.2, 0) is 11.2 Å². The van der Waals surface area contributed by atoms with Crippen molar-refractivity contribution < 1.29 is 23.5 Å². The number of nitrogens with one attached hydrogen (secondary N) is 1. The molecule has 0 bridgehead atoms. The fourth-order valence-electron chi connectivity index (χ4n) is 3.37. The Labute approximate surface area is 155 Å². The van der Waals surface area contributed by atoms with E-state index >= 15 is 0 Å². The van der Waals surface area contributed by atoms with Gasteiger partial charge in [-0.1, -0.05) is 24.3 Å². The lowest BCUT2D eigenvalue weighted by molar-refractivity contribution is -0.121. The summed E-state index contributed by atoms with van der Waals surface area (Å²) in [6.45, 7) is 0.778. The average molecular weight is 374 g/mol. The molecule has 2 N–H and O–H groups in total. The number of carboxylic acid groups (broad SMARTS) is 1. The Morgan fingerprint density at radius 1 is 1.11 bits per heavy atom. The predicted octanol–water partition coefficient (Wildman–Crippen LogP) is 2.99. The van der Waals surface area contributed by atoms with Gasteiger partial charge in [0.2, 0.25) is 5.91 Å². The fraction of sp³-hybridized carbons (Fsp3) is 0.300. The van der Waals surface area contributed by atoms with E-state index in [-0.39, 0.29) is 29.6 Å². The summed E-state index contributed by atoms with van der Waals surface area (Å²) >= 11 is 0. The van der Waals surface area contributed by atoms with E-state index in [4.69, 9.17) is 0 Å². The summed E-state index contributed by atoms with van der Waals surface area (Å²) in [5.41, 5.74) is 0.721. The number of hydrogen-bond donors (Lipinski definition) is 2. The summed E-state index contributed by atoms with van der Waals surface area (Å²) < 4.78 is 27.8. The number of anilines is 1. The maximum absolute atomic E-state index is 13.9. The fourth-order valence-corrected chi connectivity index (χ4v) is 3.37. The Kier molecular flexibility index (Phi) is 5.69. The number of benzene rings is 2. The van der Waals surface area contributed by atoms with E-state index in [1.807, 2.05) is 0 Å². The van der Waals surface area contributed by atoms with Gasteiger partial charge in [-0.3, -0.25) is 4.79 Å². The van der Waals surface area contributed by atoms with Crippen molar-refractivity contribution in [2.75, 3.05) is 18.0 Å². The molecule has 7 heteroatoms. The van der Waals surface area contributed by atoms with E-state index in [9.17, 15) is 23.5 Å². The zero-order valence-corrected chi connectivity index (χ0v) is 14.6. The molecule has 27 heavy (non-hydrogen) atoms. The third-order valence-corrected chi connectivity index (χ3v) is 4.68. The molecule has 5 nitrogen and oxygen atoms in total. The number of carbonyl (C=O) groups excluding carboxylic acids is 1. The first-order chi connectivity index (χ1) is 13.0. The van der Waals surface area contributed by atoms with Crippen LogP contribution in [0, 0.1) is 11.6 Å². The summed E-state index contributed by atoms with van der Waals surface area (Å²) in [7, 11) is 0. The lowest BCUT2D eigenvalue weighted by Crippen LogP contribution is -2.37. The second-order valence-electron chi connectivity index (χ2n) is 6.53. The van der Waals surface area contributed by atoms with E-state index in [1.165, 1.54) is 24.3 Å². The molecule has 1 saturated heterocycles. The molecule has 3 rings (SSSR count). The molecule has 1 aliphatic rings. The van der Waals surface area contributed by atoms with Crippen molar-refractivity contribution in [1.82, 2.24) is 5.32 Å². The van der Waals surface area contributed by atoms with Crippen LogP contribution in [0.15, 0.2) is 42.5 Å². The number of carboxylic acids is 1. The van der Waals surface area contributed by atoms with Crippen molar-refractivity contribution in [2.24, 2.45) is 0 Å². The molecular weight excluding hydrogens is 354 g/mol. The van der Waals surface area contributed by atoms with Crippen LogP contribution in [0.4, 0.5) is 14.5 Å². The molecule has 2 aromatic carbocycles. The molecule has 2 aromatic rings. The number of hydrogen-bond acceptors (Lipinski definition) is 3. The Bertz CT molecular complexity index is 837. The number of para-hydroxylation sites is 1. The number of rotatable bonds is 6. The third kappa shape index (κ3) is 4.42. The first-order valence-corrected chi connectivity index (χ1v) is 8.75. The number of aryl methyl sites for hydroxylation is 1. The van der Waals surface area contributed by atoms with Gasteiger partial charge in [-0.05, 0) is 36.6 Å². The molecule has 1 heterocycles. The predicted molar refractivity (Wildman–Crippen MR) is 96.8 cm³/mol. The highest BCUT2D eigenvalue weighted by Crippen LogP contribution is 2.26. The number of halogens is 2. The Morgan fingerprint density at radius 2 is 1.81 bits per heavy atom. The third-order valence-electron chi connectivity index (χ3n) is 4.68. The minimum absolute atomic E-state index is 0.0652. The number of nitrogens with zero attached hydrogens (tertiary/aromatic N) is 1. The van der Waals surface area contributed by atoms with Crippen molar-refractivity contribution in [1.29, 1.82) is 0 Å². The van der Waals surface area contributed by atoms with E-state index in [1.54, 1.807) is 23.1 Å². The van der Waals surface area contributed by atoms with Gasteiger partial charge in [0.1, 0.15) is 17.3 Å². The molecule has 1 unspecified atom stereocenters. The summed E-state index contributed by atoms with van der Waals surface area (Å²) in [6.07, 6.45) is 1.05. The van der Waals surface area contributed by atoms with Crippen LogP contribution in [0.25, 0.3) is 0 Å². The van der Waals surface area contributed by atoms with Crippen LogP contribution in [0.3, 0.4) is 0 Å². The SMILES string of the molecule is O=C(CCc1ccccc1C(=O)O)NC1CCN(c2c(F)cccc2F)C1. The molecule has 1 fully saturated rings. The van der Waals surface area contributed by atoms with E-state index in [2.05, 4.69) is 5.32 Å². The summed E-state index contributed by atoms with van der Waals surface area (Å²) in [6, 6.07) is 10.1. The molecule has 142 valence electrons. The first-order valence-electron chi connectivity index (χ1n) is 8.75. The zero-order valence-electron chi connectivity index (χ0n) is 14.6. The summed E-state index contributed by atoms with van der Waals surface area (Å²) in [5, 5.41) is 12.0.